The molecule has 0 amide bonds. The third-order valence-corrected chi connectivity index (χ3v) is 4.27. The largest absolute Gasteiger partial charge is 0.496 e. The Labute approximate surface area is 127 Å². The van der Waals surface area contributed by atoms with Gasteiger partial charge in [-0.3, -0.25) is 4.90 Å². The Morgan fingerprint density at radius 3 is 2.86 bits per heavy atom. The van der Waals surface area contributed by atoms with Crippen LogP contribution < -0.4 is 4.74 Å². The van der Waals surface area contributed by atoms with Gasteiger partial charge in [0.15, 0.2) is 0 Å². The van der Waals surface area contributed by atoms with E-state index in [9.17, 15) is 4.39 Å². The summed E-state index contributed by atoms with van der Waals surface area (Å²) in [6.45, 7) is 2.97. The van der Waals surface area contributed by atoms with Crippen molar-refractivity contribution in [3.05, 3.63) is 29.6 Å². The number of hydrogen-bond donors (Lipinski definition) is 0. The summed E-state index contributed by atoms with van der Waals surface area (Å²) >= 11 is 0. The zero-order chi connectivity index (χ0) is 15.2. The van der Waals surface area contributed by atoms with Crippen LogP contribution in [0.1, 0.15) is 31.2 Å². The predicted octanol–water partition coefficient (Wildman–Crippen LogP) is 3.14. The van der Waals surface area contributed by atoms with E-state index in [-0.39, 0.29) is 5.82 Å². The maximum atomic E-state index is 13.5. The molecular formula is C17H27FN2O. The molecule has 0 radical (unpaired) electrons. The number of rotatable bonds is 6. The van der Waals surface area contributed by atoms with Crippen molar-refractivity contribution in [2.75, 3.05) is 34.3 Å². The molecule has 1 atom stereocenters. The molecule has 1 aliphatic rings. The van der Waals surface area contributed by atoms with E-state index in [0.29, 0.717) is 6.04 Å². The van der Waals surface area contributed by atoms with Gasteiger partial charge in [0.2, 0.25) is 0 Å². The van der Waals surface area contributed by atoms with Crippen LogP contribution in [0, 0.1) is 5.82 Å². The molecule has 0 saturated carbocycles. The summed E-state index contributed by atoms with van der Waals surface area (Å²) < 4.78 is 18.9. The second-order valence-electron chi connectivity index (χ2n) is 6.17. The van der Waals surface area contributed by atoms with Crippen LogP contribution in [0.2, 0.25) is 0 Å². The third-order valence-electron chi connectivity index (χ3n) is 4.27. The van der Waals surface area contributed by atoms with Gasteiger partial charge in [-0.15, -0.1) is 0 Å². The van der Waals surface area contributed by atoms with Crippen molar-refractivity contribution >= 4 is 0 Å². The van der Waals surface area contributed by atoms with Gasteiger partial charge < -0.3 is 9.64 Å². The van der Waals surface area contributed by atoms with Gasteiger partial charge in [-0.2, -0.15) is 0 Å². The average Bonchev–Trinajstić information content (AvgIpc) is 2.46. The minimum absolute atomic E-state index is 0.187. The fourth-order valence-corrected chi connectivity index (χ4v) is 3.09. The molecule has 1 aromatic rings. The van der Waals surface area contributed by atoms with Crippen molar-refractivity contribution < 1.29 is 9.13 Å². The van der Waals surface area contributed by atoms with Crippen molar-refractivity contribution in [2.45, 2.75) is 38.3 Å². The first-order chi connectivity index (χ1) is 10.1. The Bertz CT molecular complexity index is 450. The topological polar surface area (TPSA) is 15.7 Å². The normalized spacial score (nSPS) is 20.0. The van der Waals surface area contributed by atoms with Crippen molar-refractivity contribution in [2.24, 2.45) is 0 Å². The van der Waals surface area contributed by atoms with E-state index < -0.39 is 0 Å². The zero-order valence-corrected chi connectivity index (χ0v) is 13.4. The predicted molar refractivity (Wildman–Crippen MR) is 84.2 cm³/mol. The lowest BCUT2D eigenvalue weighted by molar-refractivity contribution is 0.123. The van der Waals surface area contributed by atoms with Gasteiger partial charge in [-0.05, 0) is 64.6 Å². The first-order valence-electron chi connectivity index (χ1n) is 7.81. The van der Waals surface area contributed by atoms with Gasteiger partial charge in [0.05, 0.1) is 7.11 Å². The number of ether oxygens (including phenoxy) is 1. The molecule has 3 nitrogen and oxygen atoms in total. The minimum atomic E-state index is -0.187. The van der Waals surface area contributed by atoms with E-state index in [1.54, 1.807) is 19.2 Å². The fraction of sp³-hybridized carbons (Fsp3) is 0.647. The van der Waals surface area contributed by atoms with E-state index in [4.69, 9.17) is 4.74 Å². The van der Waals surface area contributed by atoms with Crippen molar-refractivity contribution in [1.29, 1.82) is 0 Å². The molecule has 0 spiro atoms. The molecule has 0 unspecified atom stereocenters. The highest BCUT2D eigenvalue weighted by Crippen LogP contribution is 2.26. The molecule has 21 heavy (non-hydrogen) atoms. The standard InChI is InChI=1S/C17H27FN2O/c1-19(2)11-9-16-6-4-5-10-20(16)13-14-12-15(18)7-8-17(14)21-3/h7-8,12,16H,4-6,9-11,13H2,1-3H3/t16-/m1/s1. The molecule has 0 bridgehead atoms. The van der Waals surface area contributed by atoms with E-state index in [0.717, 1.165) is 30.9 Å². The molecule has 0 N–H and O–H groups in total. The Balaban J connectivity index is 2.06. The van der Waals surface area contributed by atoms with E-state index in [2.05, 4.69) is 23.9 Å². The maximum absolute atomic E-state index is 13.5. The number of halogens is 1. The van der Waals surface area contributed by atoms with Crippen LogP contribution >= 0.6 is 0 Å². The summed E-state index contributed by atoms with van der Waals surface area (Å²) in [4.78, 5) is 4.72. The molecule has 1 fully saturated rings. The van der Waals surface area contributed by atoms with Crippen LogP contribution in [0.25, 0.3) is 0 Å². The zero-order valence-electron chi connectivity index (χ0n) is 13.4. The van der Waals surface area contributed by atoms with Crippen LogP contribution in [0.3, 0.4) is 0 Å². The average molecular weight is 294 g/mol. The molecule has 1 saturated heterocycles. The van der Waals surface area contributed by atoms with Crippen molar-refractivity contribution in [1.82, 2.24) is 9.80 Å². The van der Waals surface area contributed by atoms with Gasteiger partial charge in [-0.1, -0.05) is 6.42 Å². The van der Waals surface area contributed by atoms with Crippen LogP contribution in [0.15, 0.2) is 18.2 Å². The molecule has 0 aromatic heterocycles. The number of hydrogen-bond acceptors (Lipinski definition) is 3. The van der Waals surface area contributed by atoms with Crippen LogP contribution in [0.4, 0.5) is 4.39 Å². The quantitative estimate of drug-likeness (QED) is 0.801. The molecule has 118 valence electrons. The number of methoxy groups -OCH3 is 1. The lowest BCUT2D eigenvalue weighted by Gasteiger charge is -2.36. The Morgan fingerprint density at radius 2 is 2.14 bits per heavy atom. The van der Waals surface area contributed by atoms with E-state index in [1.165, 1.54) is 31.7 Å². The molecule has 4 heteroatoms. The summed E-state index contributed by atoms with van der Waals surface area (Å²) in [7, 11) is 5.88. The number of benzene rings is 1. The summed E-state index contributed by atoms with van der Waals surface area (Å²) in [6.07, 6.45) is 4.95. The Hall–Kier alpha value is -1.13. The lowest BCUT2D eigenvalue weighted by atomic mass is 9.98. The Morgan fingerprint density at radius 1 is 1.33 bits per heavy atom. The highest BCUT2D eigenvalue weighted by Gasteiger charge is 2.23. The summed E-state index contributed by atoms with van der Waals surface area (Å²) in [6, 6.07) is 5.39. The first kappa shape index (κ1) is 16.2. The number of likely N-dealkylation sites (tertiary alicyclic amines) is 1. The van der Waals surface area contributed by atoms with Crippen LogP contribution in [-0.4, -0.2) is 50.1 Å². The minimum Gasteiger partial charge on any atom is -0.496 e. The molecule has 1 heterocycles. The van der Waals surface area contributed by atoms with Crippen molar-refractivity contribution in [3.63, 3.8) is 0 Å². The van der Waals surface area contributed by atoms with Gasteiger partial charge in [0.25, 0.3) is 0 Å². The monoisotopic (exact) mass is 294 g/mol. The number of nitrogens with zero attached hydrogens (tertiary/aromatic N) is 2. The highest BCUT2D eigenvalue weighted by molar-refractivity contribution is 5.33. The van der Waals surface area contributed by atoms with Crippen LogP contribution in [0.5, 0.6) is 5.75 Å². The van der Waals surface area contributed by atoms with Crippen molar-refractivity contribution in [3.8, 4) is 5.75 Å². The van der Waals surface area contributed by atoms with Crippen LogP contribution in [-0.2, 0) is 6.54 Å². The molecule has 1 aliphatic heterocycles. The smallest absolute Gasteiger partial charge is 0.123 e. The second kappa shape index (κ2) is 7.76. The van der Waals surface area contributed by atoms with Gasteiger partial charge in [0, 0.05) is 18.2 Å². The van der Waals surface area contributed by atoms with E-state index in [1.807, 2.05) is 0 Å². The second-order valence-corrected chi connectivity index (χ2v) is 6.17. The fourth-order valence-electron chi connectivity index (χ4n) is 3.09. The highest BCUT2D eigenvalue weighted by atomic mass is 19.1. The summed E-state index contributed by atoms with van der Waals surface area (Å²) in [5.41, 5.74) is 0.953. The molecule has 2 rings (SSSR count). The summed E-state index contributed by atoms with van der Waals surface area (Å²) in [5, 5.41) is 0. The van der Waals surface area contributed by atoms with Gasteiger partial charge in [-0.25, -0.2) is 4.39 Å². The molecule has 1 aromatic carbocycles. The molecule has 0 aliphatic carbocycles. The van der Waals surface area contributed by atoms with E-state index >= 15 is 0 Å². The van der Waals surface area contributed by atoms with Gasteiger partial charge in [0.1, 0.15) is 11.6 Å². The third kappa shape index (κ3) is 4.68. The number of piperidine rings is 1. The SMILES string of the molecule is COc1ccc(F)cc1CN1CCCC[C@@H]1CCN(C)C. The van der Waals surface area contributed by atoms with Gasteiger partial charge >= 0.3 is 0 Å². The Kier molecular flexibility index (Phi) is 6.00. The summed E-state index contributed by atoms with van der Waals surface area (Å²) in [5.74, 6) is 0.598. The molecular weight excluding hydrogens is 267 g/mol. The lowest BCUT2D eigenvalue weighted by Crippen LogP contribution is -2.40. The first-order valence-corrected chi connectivity index (χ1v) is 7.81. The maximum Gasteiger partial charge on any atom is 0.123 e.